The fraction of sp³-hybridized carbons (Fsp3) is 0.136. The molecule has 1 N–H and O–H groups in total. The number of nitrogens with one attached hydrogen (secondary N) is 1. The van der Waals surface area contributed by atoms with Crippen molar-refractivity contribution in [2.24, 2.45) is 0 Å². The first-order chi connectivity index (χ1) is 15.3. The first kappa shape index (κ1) is 23.4. The van der Waals surface area contributed by atoms with Crippen molar-refractivity contribution in [3.8, 4) is 11.1 Å². The van der Waals surface area contributed by atoms with Crippen LogP contribution in [0.5, 0.6) is 0 Å². The van der Waals surface area contributed by atoms with Crippen LogP contribution in [0, 0.1) is 11.6 Å². The van der Waals surface area contributed by atoms with Crippen LogP contribution in [0.25, 0.3) is 11.1 Å². The highest BCUT2D eigenvalue weighted by atomic mass is 35.5. The summed E-state index contributed by atoms with van der Waals surface area (Å²) in [6, 6.07) is 10.3. The van der Waals surface area contributed by atoms with Gasteiger partial charge in [-0.25, -0.2) is 18.4 Å². The molecule has 0 atom stereocenters. The Hall–Kier alpha value is -3.30. The molecule has 1 heterocycles. The summed E-state index contributed by atoms with van der Waals surface area (Å²) < 4.78 is 36.5. The highest BCUT2D eigenvalue weighted by Gasteiger charge is 2.23. The maximum atomic E-state index is 13.4. The van der Waals surface area contributed by atoms with Crippen molar-refractivity contribution < 1.29 is 32.6 Å². The molecule has 0 bridgehead atoms. The molecule has 0 unspecified atom stereocenters. The van der Waals surface area contributed by atoms with Gasteiger partial charge in [-0.05, 0) is 24.6 Å². The van der Waals surface area contributed by atoms with Gasteiger partial charge in [0.1, 0.15) is 10.6 Å². The maximum absolute atomic E-state index is 13.4. The summed E-state index contributed by atoms with van der Waals surface area (Å²) in [4.78, 5) is 36.9. The lowest BCUT2D eigenvalue weighted by molar-refractivity contribution is -0.119. The number of anilines is 1. The van der Waals surface area contributed by atoms with Crippen LogP contribution in [0.4, 0.5) is 13.8 Å². The molecule has 166 valence electrons. The average Bonchev–Trinajstić information content (AvgIpc) is 3.19. The van der Waals surface area contributed by atoms with Crippen LogP contribution in [0.1, 0.15) is 27.6 Å². The van der Waals surface area contributed by atoms with Crippen LogP contribution in [0.2, 0.25) is 5.02 Å². The number of benzene rings is 2. The third-order valence-corrected chi connectivity index (χ3v) is 5.38. The van der Waals surface area contributed by atoms with E-state index in [1.54, 1.807) is 12.3 Å². The smallest absolute Gasteiger partial charge is 0.341 e. The summed E-state index contributed by atoms with van der Waals surface area (Å²) in [5, 5.41) is 4.08. The van der Waals surface area contributed by atoms with Gasteiger partial charge >= 0.3 is 11.9 Å². The van der Waals surface area contributed by atoms with E-state index in [2.05, 4.69) is 5.32 Å². The highest BCUT2D eigenvalue weighted by Crippen LogP contribution is 2.36. The van der Waals surface area contributed by atoms with Gasteiger partial charge in [0.05, 0.1) is 17.2 Å². The Morgan fingerprint density at radius 2 is 1.72 bits per heavy atom. The average molecular weight is 480 g/mol. The van der Waals surface area contributed by atoms with E-state index in [4.69, 9.17) is 21.1 Å². The number of halogens is 3. The van der Waals surface area contributed by atoms with Crippen LogP contribution < -0.4 is 5.32 Å². The number of rotatable bonds is 7. The summed E-state index contributed by atoms with van der Waals surface area (Å²) >= 11 is 6.83. The van der Waals surface area contributed by atoms with Gasteiger partial charge in [0.2, 0.25) is 0 Å². The molecule has 1 aromatic heterocycles. The van der Waals surface area contributed by atoms with Crippen LogP contribution >= 0.6 is 22.9 Å². The fourth-order valence-corrected chi connectivity index (χ4v) is 3.94. The van der Waals surface area contributed by atoms with Crippen LogP contribution in [-0.2, 0) is 14.3 Å². The number of hydrogen-bond donors (Lipinski definition) is 1. The molecule has 32 heavy (non-hydrogen) atoms. The Bertz CT molecular complexity index is 1170. The van der Waals surface area contributed by atoms with Crippen molar-refractivity contribution in [2.75, 3.05) is 18.5 Å². The van der Waals surface area contributed by atoms with E-state index in [1.165, 1.54) is 0 Å². The monoisotopic (exact) mass is 479 g/mol. The van der Waals surface area contributed by atoms with Crippen molar-refractivity contribution in [2.45, 2.75) is 6.92 Å². The second kappa shape index (κ2) is 10.3. The molecule has 0 fully saturated rings. The SMILES string of the molecule is CCOC(=O)c1c(-c2ccccc2)csc1NC(=O)COC(=O)c1cc(F)c(F)cc1Cl. The summed E-state index contributed by atoms with van der Waals surface area (Å²) in [6.07, 6.45) is 0. The van der Waals surface area contributed by atoms with Crippen LogP contribution in [-0.4, -0.2) is 31.1 Å². The number of carbonyl (C=O) groups excluding carboxylic acids is 3. The third kappa shape index (κ3) is 5.30. The Balaban J connectivity index is 1.75. The van der Waals surface area contributed by atoms with Crippen molar-refractivity contribution >= 4 is 45.8 Å². The number of amides is 1. The van der Waals surface area contributed by atoms with Crippen molar-refractivity contribution in [1.29, 1.82) is 0 Å². The van der Waals surface area contributed by atoms with Gasteiger partial charge < -0.3 is 14.8 Å². The first-order valence-electron chi connectivity index (χ1n) is 9.27. The zero-order valence-corrected chi connectivity index (χ0v) is 18.2. The Labute approximate surface area is 190 Å². The summed E-state index contributed by atoms with van der Waals surface area (Å²) in [5.74, 6) is -4.97. The third-order valence-electron chi connectivity index (χ3n) is 4.17. The second-order valence-corrected chi connectivity index (χ2v) is 7.60. The Kier molecular flexibility index (Phi) is 7.55. The molecule has 1 amide bonds. The first-order valence-corrected chi connectivity index (χ1v) is 10.5. The van der Waals surface area contributed by atoms with E-state index >= 15 is 0 Å². The van der Waals surface area contributed by atoms with E-state index in [-0.39, 0.29) is 22.2 Å². The maximum Gasteiger partial charge on any atom is 0.341 e. The molecule has 3 aromatic rings. The molecular weight excluding hydrogens is 464 g/mol. The highest BCUT2D eigenvalue weighted by molar-refractivity contribution is 7.15. The van der Waals surface area contributed by atoms with Gasteiger partial charge in [0, 0.05) is 10.9 Å². The number of carbonyl (C=O) groups is 3. The van der Waals surface area contributed by atoms with Gasteiger partial charge in [0.15, 0.2) is 18.2 Å². The molecule has 3 rings (SSSR count). The number of esters is 2. The van der Waals surface area contributed by atoms with E-state index in [0.717, 1.165) is 16.9 Å². The van der Waals surface area contributed by atoms with E-state index in [0.29, 0.717) is 17.7 Å². The lowest BCUT2D eigenvalue weighted by atomic mass is 10.0. The molecule has 2 aromatic carbocycles. The van der Waals surface area contributed by atoms with Crippen molar-refractivity contribution in [1.82, 2.24) is 0 Å². The largest absolute Gasteiger partial charge is 0.462 e. The van der Waals surface area contributed by atoms with Gasteiger partial charge in [-0.2, -0.15) is 0 Å². The minimum atomic E-state index is -1.28. The van der Waals surface area contributed by atoms with E-state index < -0.39 is 41.7 Å². The zero-order valence-electron chi connectivity index (χ0n) is 16.6. The van der Waals surface area contributed by atoms with Crippen molar-refractivity contribution in [3.63, 3.8) is 0 Å². The predicted octanol–water partition coefficient (Wildman–Crippen LogP) is 5.32. The summed E-state index contributed by atoms with van der Waals surface area (Å²) in [6.45, 7) is 1.06. The Morgan fingerprint density at radius 1 is 1.03 bits per heavy atom. The Morgan fingerprint density at radius 3 is 2.41 bits per heavy atom. The summed E-state index contributed by atoms with van der Waals surface area (Å²) in [5.41, 5.74) is 1.08. The van der Waals surface area contributed by atoms with Gasteiger partial charge in [-0.1, -0.05) is 41.9 Å². The molecule has 0 aliphatic carbocycles. The van der Waals surface area contributed by atoms with Gasteiger partial charge in [0.25, 0.3) is 5.91 Å². The lowest BCUT2D eigenvalue weighted by Crippen LogP contribution is -2.22. The van der Waals surface area contributed by atoms with Gasteiger partial charge in [-0.15, -0.1) is 11.3 Å². The summed E-state index contributed by atoms with van der Waals surface area (Å²) in [7, 11) is 0. The van der Waals surface area contributed by atoms with Crippen LogP contribution in [0.3, 0.4) is 0 Å². The molecular formula is C22H16ClF2NO5S. The molecule has 10 heteroatoms. The molecule has 0 spiro atoms. The minimum absolute atomic E-state index is 0.142. The number of thiophene rings is 1. The molecule has 0 radical (unpaired) electrons. The normalized spacial score (nSPS) is 10.5. The topological polar surface area (TPSA) is 81.7 Å². The minimum Gasteiger partial charge on any atom is -0.462 e. The molecule has 6 nitrogen and oxygen atoms in total. The molecule has 0 aliphatic rings. The standard InChI is InChI=1S/C22H16ClF2NO5S/c1-2-30-22(29)19-14(12-6-4-3-5-7-12)11-32-20(19)26-18(27)10-31-21(28)13-8-16(24)17(25)9-15(13)23/h3-9,11H,2,10H2,1H3,(H,26,27). The predicted molar refractivity (Wildman–Crippen MR) is 116 cm³/mol. The van der Waals surface area contributed by atoms with Gasteiger partial charge in [-0.3, -0.25) is 4.79 Å². The van der Waals surface area contributed by atoms with E-state index in [9.17, 15) is 23.2 Å². The quantitative estimate of drug-likeness (QED) is 0.366. The molecule has 0 saturated carbocycles. The zero-order chi connectivity index (χ0) is 23.3. The molecule has 0 saturated heterocycles. The lowest BCUT2D eigenvalue weighted by Gasteiger charge is -2.10. The van der Waals surface area contributed by atoms with E-state index in [1.807, 2.05) is 30.3 Å². The fourth-order valence-electron chi connectivity index (χ4n) is 2.74. The molecule has 0 aliphatic heterocycles. The number of hydrogen-bond acceptors (Lipinski definition) is 6. The van der Waals surface area contributed by atoms with Crippen molar-refractivity contribution in [3.05, 3.63) is 75.6 Å². The number of ether oxygens (including phenoxy) is 2. The van der Waals surface area contributed by atoms with Crippen LogP contribution in [0.15, 0.2) is 47.8 Å². The second-order valence-electron chi connectivity index (χ2n) is 6.31.